The molecule has 0 unspecified atom stereocenters. The van der Waals surface area contributed by atoms with Crippen molar-refractivity contribution in [1.82, 2.24) is 0 Å². The van der Waals surface area contributed by atoms with Crippen LogP contribution in [0.3, 0.4) is 0 Å². The zero-order chi connectivity index (χ0) is 15.2. The number of non-ortho nitro benzene ring substituents is 1. The molecule has 0 aliphatic rings. The lowest BCUT2D eigenvalue weighted by Gasteiger charge is -2.07. The fourth-order valence-corrected chi connectivity index (χ4v) is 1.86. The maximum absolute atomic E-state index is 11.6. The van der Waals surface area contributed by atoms with Crippen LogP contribution in [0.1, 0.15) is 5.56 Å². The molecule has 0 aromatic heterocycles. The molecule has 7 heteroatoms. The van der Waals surface area contributed by atoms with Crippen LogP contribution < -0.4 is 5.32 Å². The minimum atomic E-state index is -0.713. The second kappa shape index (κ2) is 6.71. The van der Waals surface area contributed by atoms with Gasteiger partial charge in [-0.25, -0.2) is 4.79 Å². The Morgan fingerprint density at radius 2 is 1.95 bits per heavy atom. The predicted octanol–water partition coefficient (Wildman–Crippen LogP) is 4.00. The maximum atomic E-state index is 11.6. The Bertz CT molecular complexity index is 661. The lowest BCUT2D eigenvalue weighted by molar-refractivity contribution is -0.384. The number of rotatable bonds is 4. The van der Waals surface area contributed by atoms with Gasteiger partial charge in [-0.15, -0.1) is 0 Å². The van der Waals surface area contributed by atoms with Crippen LogP contribution in [0.15, 0.2) is 48.5 Å². The average Bonchev–Trinajstić information content (AvgIpc) is 2.45. The molecule has 1 N–H and O–H groups in total. The highest BCUT2D eigenvalue weighted by molar-refractivity contribution is 6.31. The van der Waals surface area contributed by atoms with Gasteiger partial charge in [-0.1, -0.05) is 41.9 Å². The van der Waals surface area contributed by atoms with Crippen LogP contribution in [0.4, 0.5) is 16.2 Å². The average molecular weight is 307 g/mol. The van der Waals surface area contributed by atoms with E-state index in [1.807, 2.05) is 30.3 Å². The minimum absolute atomic E-state index is 0.106. The third-order valence-electron chi connectivity index (χ3n) is 2.55. The highest BCUT2D eigenvalue weighted by Gasteiger charge is 2.11. The summed E-state index contributed by atoms with van der Waals surface area (Å²) in [6, 6.07) is 13.0. The monoisotopic (exact) mass is 306 g/mol. The van der Waals surface area contributed by atoms with E-state index in [-0.39, 0.29) is 23.0 Å². The Hall–Kier alpha value is -2.60. The van der Waals surface area contributed by atoms with Crippen molar-refractivity contribution in [2.45, 2.75) is 6.61 Å². The molecule has 6 nitrogen and oxygen atoms in total. The number of nitrogens with zero attached hydrogens (tertiary/aromatic N) is 1. The molecule has 0 bridgehead atoms. The molecular formula is C14H11ClN2O4. The maximum Gasteiger partial charge on any atom is 0.411 e. The Morgan fingerprint density at radius 3 is 2.62 bits per heavy atom. The Balaban J connectivity index is 1.98. The summed E-state index contributed by atoms with van der Waals surface area (Å²) >= 11 is 5.75. The predicted molar refractivity (Wildman–Crippen MR) is 78.4 cm³/mol. The summed E-state index contributed by atoms with van der Waals surface area (Å²) in [6.45, 7) is 0.106. The van der Waals surface area contributed by atoms with Gasteiger partial charge < -0.3 is 4.74 Å². The first-order valence-corrected chi connectivity index (χ1v) is 6.35. The third kappa shape index (κ3) is 4.47. The summed E-state index contributed by atoms with van der Waals surface area (Å²) in [6.07, 6.45) is -0.713. The van der Waals surface area contributed by atoms with E-state index in [0.717, 1.165) is 5.56 Å². The van der Waals surface area contributed by atoms with Gasteiger partial charge in [0, 0.05) is 17.2 Å². The van der Waals surface area contributed by atoms with E-state index in [4.69, 9.17) is 16.3 Å². The van der Waals surface area contributed by atoms with Gasteiger partial charge in [-0.05, 0) is 11.6 Å². The van der Waals surface area contributed by atoms with Crippen molar-refractivity contribution in [3.63, 3.8) is 0 Å². The molecule has 0 atom stereocenters. The first-order valence-electron chi connectivity index (χ1n) is 5.97. The largest absolute Gasteiger partial charge is 0.444 e. The number of carbonyl (C=O) groups is 1. The van der Waals surface area contributed by atoms with Crippen molar-refractivity contribution in [1.29, 1.82) is 0 Å². The molecule has 0 aliphatic heterocycles. The van der Waals surface area contributed by atoms with Crippen LogP contribution in [0.5, 0.6) is 0 Å². The Labute approximate surface area is 125 Å². The highest BCUT2D eigenvalue weighted by atomic mass is 35.5. The molecule has 2 rings (SSSR count). The molecular weight excluding hydrogens is 296 g/mol. The lowest BCUT2D eigenvalue weighted by atomic mass is 10.2. The van der Waals surface area contributed by atoms with Crippen LogP contribution >= 0.6 is 11.6 Å². The molecule has 1 amide bonds. The van der Waals surface area contributed by atoms with Gasteiger partial charge in [-0.2, -0.15) is 0 Å². The number of halogens is 1. The molecule has 0 heterocycles. The third-order valence-corrected chi connectivity index (χ3v) is 2.77. The molecule has 0 radical (unpaired) electrons. The van der Waals surface area contributed by atoms with Crippen molar-refractivity contribution in [3.05, 3.63) is 69.2 Å². The summed E-state index contributed by atoms with van der Waals surface area (Å²) in [7, 11) is 0. The molecule has 21 heavy (non-hydrogen) atoms. The van der Waals surface area contributed by atoms with Crippen molar-refractivity contribution in [3.8, 4) is 0 Å². The zero-order valence-corrected chi connectivity index (χ0v) is 11.5. The molecule has 0 saturated heterocycles. The number of hydrogen-bond donors (Lipinski definition) is 1. The van der Waals surface area contributed by atoms with Crippen molar-refractivity contribution < 1.29 is 14.5 Å². The van der Waals surface area contributed by atoms with Gasteiger partial charge >= 0.3 is 6.09 Å². The SMILES string of the molecule is O=C(Nc1cc(Cl)cc([N+](=O)[O-])c1)OCc1ccccc1. The van der Waals surface area contributed by atoms with Gasteiger partial charge in [0.25, 0.3) is 5.69 Å². The molecule has 2 aromatic rings. The Morgan fingerprint density at radius 1 is 1.24 bits per heavy atom. The fraction of sp³-hybridized carbons (Fsp3) is 0.0714. The topological polar surface area (TPSA) is 81.5 Å². The van der Waals surface area contributed by atoms with E-state index < -0.39 is 11.0 Å². The second-order valence-electron chi connectivity index (χ2n) is 4.14. The van der Waals surface area contributed by atoms with Crippen molar-refractivity contribution in [2.24, 2.45) is 0 Å². The number of ether oxygens (including phenoxy) is 1. The van der Waals surface area contributed by atoms with Gasteiger partial charge in [0.1, 0.15) is 6.61 Å². The van der Waals surface area contributed by atoms with Crippen LogP contribution in [-0.2, 0) is 11.3 Å². The first kappa shape index (κ1) is 14.8. The summed E-state index contributed by atoms with van der Waals surface area (Å²) < 4.78 is 5.01. The second-order valence-corrected chi connectivity index (χ2v) is 4.58. The number of hydrogen-bond acceptors (Lipinski definition) is 4. The summed E-state index contributed by atoms with van der Waals surface area (Å²) in [5.74, 6) is 0. The summed E-state index contributed by atoms with van der Waals surface area (Å²) in [5.41, 5.74) is 0.831. The van der Waals surface area contributed by atoms with Gasteiger partial charge in [0.05, 0.1) is 10.6 Å². The lowest BCUT2D eigenvalue weighted by Crippen LogP contribution is -2.13. The van der Waals surface area contributed by atoms with Crippen LogP contribution in [0.25, 0.3) is 0 Å². The highest BCUT2D eigenvalue weighted by Crippen LogP contribution is 2.24. The normalized spacial score (nSPS) is 9.95. The number of benzene rings is 2. The van der Waals surface area contributed by atoms with E-state index in [9.17, 15) is 14.9 Å². The van der Waals surface area contributed by atoms with E-state index in [1.165, 1.54) is 18.2 Å². The van der Waals surface area contributed by atoms with Crippen LogP contribution in [-0.4, -0.2) is 11.0 Å². The number of amides is 1. The molecule has 2 aromatic carbocycles. The molecule has 0 aliphatic carbocycles. The molecule has 108 valence electrons. The van der Waals surface area contributed by atoms with Gasteiger partial charge in [-0.3, -0.25) is 15.4 Å². The van der Waals surface area contributed by atoms with E-state index >= 15 is 0 Å². The quantitative estimate of drug-likeness (QED) is 0.684. The number of anilines is 1. The van der Waals surface area contributed by atoms with Crippen molar-refractivity contribution in [2.75, 3.05) is 5.32 Å². The smallest absolute Gasteiger partial charge is 0.411 e. The number of carbonyl (C=O) groups excluding carboxylic acids is 1. The molecule has 0 saturated carbocycles. The van der Waals surface area contributed by atoms with Crippen LogP contribution in [0, 0.1) is 10.1 Å². The standard InChI is InChI=1S/C14H11ClN2O4/c15-11-6-12(8-13(7-11)17(19)20)16-14(18)21-9-10-4-2-1-3-5-10/h1-8H,9H2,(H,16,18). The minimum Gasteiger partial charge on any atom is -0.444 e. The first-order chi connectivity index (χ1) is 10.0. The number of nitro groups is 1. The molecule has 0 fully saturated rings. The number of nitro benzene ring substituents is 1. The van der Waals surface area contributed by atoms with E-state index in [2.05, 4.69) is 5.32 Å². The van der Waals surface area contributed by atoms with E-state index in [0.29, 0.717) is 0 Å². The van der Waals surface area contributed by atoms with Gasteiger partial charge in [0.2, 0.25) is 0 Å². The van der Waals surface area contributed by atoms with Gasteiger partial charge in [0.15, 0.2) is 0 Å². The van der Waals surface area contributed by atoms with E-state index in [1.54, 1.807) is 0 Å². The fourth-order valence-electron chi connectivity index (χ4n) is 1.63. The van der Waals surface area contributed by atoms with Crippen LogP contribution in [0.2, 0.25) is 5.02 Å². The van der Waals surface area contributed by atoms with Crippen molar-refractivity contribution >= 4 is 29.1 Å². The molecule has 0 spiro atoms. The number of nitrogens with one attached hydrogen (secondary N) is 1. The Kier molecular flexibility index (Phi) is 4.73. The summed E-state index contributed by atoms with van der Waals surface area (Å²) in [4.78, 5) is 21.7. The summed E-state index contributed by atoms with van der Waals surface area (Å²) in [5, 5.41) is 13.3. The zero-order valence-electron chi connectivity index (χ0n) is 10.8.